The SMILES string of the molecule is CC(C)C(=O)Nc1ccc(C(=O)NCCNS(=O)(=O)c2cccc(Cl)c2Cl)cc1. The van der Waals surface area contributed by atoms with Crippen molar-refractivity contribution in [2.24, 2.45) is 5.92 Å². The van der Waals surface area contributed by atoms with Crippen molar-refractivity contribution < 1.29 is 18.0 Å². The second-order valence-corrected chi connectivity index (χ2v) is 8.95. The Morgan fingerprint density at radius 2 is 1.66 bits per heavy atom. The monoisotopic (exact) mass is 457 g/mol. The van der Waals surface area contributed by atoms with Gasteiger partial charge in [-0.15, -0.1) is 0 Å². The van der Waals surface area contributed by atoms with E-state index in [1.165, 1.54) is 18.2 Å². The molecule has 0 aromatic heterocycles. The number of halogens is 2. The van der Waals surface area contributed by atoms with E-state index in [2.05, 4.69) is 15.4 Å². The highest BCUT2D eigenvalue weighted by molar-refractivity contribution is 7.89. The normalized spacial score (nSPS) is 11.3. The lowest BCUT2D eigenvalue weighted by molar-refractivity contribution is -0.118. The molecule has 0 heterocycles. The largest absolute Gasteiger partial charge is 0.351 e. The minimum Gasteiger partial charge on any atom is -0.351 e. The number of sulfonamides is 1. The third kappa shape index (κ3) is 6.43. The lowest BCUT2D eigenvalue weighted by Gasteiger charge is -2.10. The molecule has 0 fully saturated rings. The maximum atomic E-state index is 12.3. The number of nitrogens with one attached hydrogen (secondary N) is 3. The third-order valence-corrected chi connectivity index (χ3v) is 6.28. The van der Waals surface area contributed by atoms with E-state index in [-0.39, 0.29) is 45.8 Å². The van der Waals surface area contributed by atoms with Gasteiger partial charge in [0.1, 0.15) is 4.90 Å². The number of benzene rings is 2. The van der Waals surface area contributed by atoms with Gasteiger partial charge in [0.2, 0.25) is 15.9 Å². The van der Waals surface area contributed by atoms with E-state index < -0.39 is 10.0 Å². The number of hydrogen-bond acceptors (Lipinski definition) is 4. The zero-order valence-electron chi connectivity index (χ0n) is 15.8. The predicted octanol–water partition coefficient (Wildman–Crippen LogP) is 3.30. The van der Waals surface area contributed by atoms with Crippen molar-refractivity contribution in [3.8, 4) is 0 Å². The number of hydrogen-bond donors (Lipinski definition) is 3. The maximum Gasteiger partial charge on any atom is 0.251 e. The summed E-state index contributed by atoms with van der Waals surface area (Å²) in [6.45, 7) is 3.61. The van der Waals surface area contributed by atoms with Crippen molar-refractivity contribution in [2.45, 2.75) is 18.7 Å². The minimum absolute atomic E-state index is 0.0283. The second-order valence-electron chi connectivity index (χ2n) is 6.43. The summed E-state index contributed by atoms with van der Waals surface area (Å²) in [6, 6.07) is 10.7. The highest BCUT2D eigenvalue weighted by Crippen LogP contribution is 2.28. The summed E-state index contributed by atoms with van der Waals surface area (Å²) in [4.78, 5) is 23.7. The molecule has 0 spiro atoms. The van der Waals surface area contributed by atoms with Gasteiger partial charge in [0.15, 0.2) is 0 Å². The van der Waals surface area contributed by atoms with Gasteiger partial charge in [-0.1, -0.05) is 43.1 Å². The summed E-state index contributed by atoms with van der Waals surface area (Å²) < 4.78 is 26.9. The van der Waals surface area contributed by atoms with Crippen molar-refractivity contribution >= 4 is 50.7 Å². The molecule has 0 bridgehead atoms. The average molecular weight is 458 g/mol. The number of anilines is 1. The zero-order valence-corrected chi connectivity index (χ0v) is 18.2. The quantitative estimate of drug-likeness (QED) is 0.528. The Labute approximate surface area is 179 Å². The minimum atomic E-state index is -3.86. The first-order valence-electron chi connectivity index (χ1n) is 8.74. The van der Waals surface area contributed by atoms with Crippen LogP contribution in [0.2, 0.25) is 10.0 Å². The Morgan fingerprint density at radius 3 is 2.28 bits per heavy atom. The van der Waals surface area contributed by atoms with Crippen LogP contribution in [0.5, 0.6) is 0 Å². The molecule has 0 unspecified atom stereocenters. The van der Waals surface area contributed by atoms with Crippen molar-refractivity contribution in [1.82, 2.24) is 10.0 Å². The molecular formula is C19H21Cl2N3O4S. The van der Waals surface area contributed by atoms with Crippen molar-refractivity contribution in [3.63, 3.8) is 0 Å². The van der Waals surface area contributed by atoms with Crippen LogP contribution in [0.15, 0.2) is 47.4 Å². The third-order valence-electron chi connectivity index (χ3n) is 3.85. The van der Waals surface area contributed by atoms with Gasteiger partial charge in [0, 0.05) is 30.3 Å². The summed E-state index contributed by atoms with van der Waals surface area (Å²) >= 11 is 11.8. The average Bonchev–Trinajstić information content (AvgIpc) is 2.67. The van der Waals surface area contributed by atoms with Crippen molar-refractivity contribution in [2.75, 3.05) is 18.4 Å². The maximum absolute atomic E-state index is 12.3. The molecule has 2 rings (SSSR count). The van der Waals surface area contributed by atoms with Crippen LogP contribution in [0.1, 0.15) is 24.2 Å². The number of carbonyl (C=O) groups excluding carboxylic acids is 2. The highest BCUT2D eigenvalue weighted by atomic mass is 35.5. The Morgan fingerprint density at radius 1 is 1.00 bits per heavy atom. The van der Waals surface area contributed by atoms with Crippen LogP contribution >= 0.6 is 23.2 Å². The standard InChI is InChI=1S/C19H21Cl2N3O4S/c1-12(2)18(25)24-14-8-6-13(7-9-14)19(26)22-10-11-23-29(27,28)16-5-3-4-15(20)17(16)21/h3-9,12,23H,10-11H2,1-2H3,(H,22,26)(H,24,25). The van der Waals surface area contributed by atoms with Gasteiger partial charge in [-0.2, -0.15) is 0 Å². The van der Waals surface area contributed by atoms with E-state index in [1.54, 1.807) is 38.1 Å². The molecule has 0 aliphatic rings. The van der Waals surface area contributed by atoms with Crippen LogP contribution in [-0.4, -0.2) is 33.3 Å². The van der Waals surface area contributed by atoms with Gasteiger partial charge in [-0.3, -0.25) is 9.59 Å². The molecule has 10 heteroatoms. The van der Waals surface area contributed by atoms with Gasteiger partial charge < -0.3 is 10.6 Å². The predicted molar refractivity (Wildman–Crippen MR) is 114 cm³/mol. The van der Waals surface area contributed by atoms with E-state index in [1.807, 2.05) is 0 Å². The molecular weight excluding hydrogens is 437 g/mol. The summed E-state index contributed by atoms with van der Waals surface area (Å²) in [5.74, 6) is -0.635. The Balaban J connectivity index is 1.86. The highest BCUT2D eigenvalue weighted by Gasteiger charge is 2.19. The molecule has 0 saturated carbocycles. The zero-order chi connectivity index (χ0) is 21.6. The van der Waals surface area contributed by atoms with Crippen LogP contribution < -0.4 is 15.4 Å². The Bertz CT molecular complexity index is 993. The molecule has 0 aliphatic carbocycles. The lowest BCUT2D eigenvalue weighted by atomic mass is 10.1. The Kier molecular flexibility index (Phi) is 8.04. The molecule has 2 aromatic rings. The van der Waals surface area contributed by atoms with E-state index in [4.69, 9.17) is 23.2 Å². The van der Waals surface area contributed by atoms with Gasteiger partial charge in [-0.05, 0) is 36.4 Å². The van der Waals surface area contributed by atoms with Crippen LogP contribution in [0.4, 0.5) is 5.69 Å². The molecule has 0 aliphatic heterocycles. The molecule has 7 nitrogen and oxygen atoms in total. The molecule has 0 radical (unpaired) electrons. The fraction of sp³-hybridized carbons (Fsp3) is 0.263. The molecule has 156 valence electrons. The molecule has 0 saturated heterocycles. The van der Waals surface area contributed by atoms with E-state index in [0.717, 1.165) is 0 Å². The van der Waals surface area contributed by atoms with E-state index in [9.17, 15) is 18.0 Å². The van der Waals surface area contributed by atoms with E-state index >= 15 is 0 Å². The fourth-order valence-electron chi connectivity index (χ4n) is 2.22. The van der Waals surface area contributed by atoms with Gasteiger partial charge in [-0.25, -0.2) is 13.1 Å². The topological polar surface area (TPSA) is 104 Å². The lowest BCUT2D eigenvalue weighted by Crippen LogP contribution is -2.34. The molecule has 0 atom stereocenters. The van der Waals surface area contributed by atoms with Crippen LogP contribution in [0.3, 0.4) is 0 Å². The molecule has 2 amide bonds. The first-order chi connectivity index (χ1) is 13.6. The summed E-state index contributed by atoms with van der Waals surface area (Å²) in [5, 5.41) is 5.42. The second kappa shape index (κ2) is 10.1. The molecule has 3 N–H and O–H groups in total. The molecule has 2 aromatic carbocycles. The van der Waals surface area contributed by atoms with E-state index in [0.29, 0.717) is 11.3 Å². The van der Waals surface area contributed by atoms with Crippen LogP contribution in [-0.2, 0) is 14.8 Å². The summed E-state index contributed by atoms with van der Waals surface area (Å²) in [5.41, 5.74) is 0.972. The van der Waals surface area contributed by atoms with Gasteiger partial charge >= 0.3 is 0 Å². The first kappa shape index (κ1) is 23.2. The van der Waals surface area contributed by atoms with Crippen molar-refractivity contribution in [3.05, 3.63) is 58.1 Å². The summed E-state index contributed by atoms with van der Waals surface area (Å²) in [6.07, 6.45) is 0. The number of rotatable bonds is 8. The Hall–Kier alpha value is -2.13. The van der Waals surface area contributed by atoms with Gasteiger partial charge in [0.05, 0.1) is 10.0 Å². The smallest absolute Gasteiger partial charge is 0.251 e. The summed E-state index contributed by atoms with van der Waals surface area (Å²) in [7, 11) is -3.86. The molecule has 29 heavy (non-hydrogen) atoms. The van der Waals surface area contributed by atoms with Gasteiger partial charge in [0.25, 0.3) is 5.91 Å². The van der Waals surface area contributed by atoms with Crippen LogP contribution in [0, 0.1) is 5.92 Å². The van der Waals surface area contributed by atoms with Crippen LogP contribution in [0.25, 0.3) is 0 Å². The van der Waals surface area contributed by atoms with Crippen molar-refractivity contribution in [1.29, 1.82) is 0 Å². The number of carbonyl (C=O) groups is 2. The fourth-order valence-corrected chi connectivity index (χ4v) is 4.02. The first-order valence-corrected chi connectivity index (χ1v) is 11.0. The number of amides is 2.